The first kappa shape index (κ1) is 14.2. The number of halogens is 1. The van der Waals surface area contributed by atoms with Crippen molar-refractivity contribution in [1.82, 2.24) is 9.88 Å². The molecule has 8 heteroatoms. The lowest BCUT2D eigenvalue weighted by Crippen LogP contribution is -2.32. The molecule has 1 aromatic heterocycles. The molecule has 0 aromatic carbocycles. The summed E-state index contributed by atoms with van der Waals surface area (Å²) in [5, 5.41) is 13.3. The number of nitrogens with zero attached hydrogens (tertiary/aromatic N) is 3. The molecule has 0 aliphatic rings. The van der Waals surface area contributed by atoms with Crippen LogP contribution in [0.5, 0.6) is 0 Å². The molecule has 0 atom stereocenters. The van der Waals surface area contributed by atoms with Crippen LogP contribution in [0.25, 0.3) is 0 Å². The number of hydrogen-bond acceptors (Lipinski definition) is 5. The zero-order valence-electron chi connectivity index (χ0n) is 10.0. The molecule has 0 fully saturated rings. The number of amides is 1. The molecule has 98 valence electrons. The van der Waals surface area contributed by atoms with Crippen molar-refractivity contribution in [1.29, 1.82) is 0 Å². The summed E-state index contributed by atoms with van der Waals surface area (Å²) in [6.45, 7) is 2.44. The summed E-state index contributed by atoms with van der Waals surface area (Å²) in [6.07, 6.45) is 0. The van der Waals surface area contributed by atoms with Gasteiger partial charge < -0.3 is 10.2 Å². The van der Waals surface area contributed by atoms with Gasteiger partial charge in [-0.25, -0.2) is 4.98 Å². The van der Waals surface area contributed by atoms with E-state index in [1.54, 1.807) is 7.05 Å². The third kappa shape index (κ3) is 3.85. The molecule has 0 unspecified atom stereocenters. The lowest BCUT2D eigenvalue weighted by atomic mass is 10.4. The van der Waals surface area contributed by atoms with Crippen molar-refractivity contribution in [3.63, 3.8) is 0 Å². The third-order valence-electron chi connectivity index (χ3n) is 2.31. The van der Waals surface area contributed by atoms with E-state index in [1.807, 2.05) is 6.92 Å². The summed E-state index contributed by atoms with van der Waals surface area (Å²) in [4.78, 5) is 26.9. The molecule has 0 bridgehead atoms. The SMILES string of the molecule is CCN(C)C(=O)CNc1cc([N+](=O)[O-])cc(Cl)n1. The Morgan fingerprint density at radius 2 is 2.28 bits per heavy atom. The highest BCUT2D eigenvalue weighted by Gasteiger charge is 2.12. The number of pyridine rings is 1. The van der Waals surface area contributed by atoms with Crippen LogP contribution in [0.15, 0.2) is 12.1 Å². The van der Waals surface area contributed by atoms with Crippen LogP contribution >= 0.6 is 11.6 Å². The molecule has 1 rings (SSSR count). The van der Waals surface area contributed by atoms with Crippen LogP contribution in [0.4, 0.5) is 11.5 Å². The van der Waals surface area contributed by atoms with Gasteiger partial charge in [-0.3, -0.25) is 14.9 Å². The molecule has 1 heterocycles. The molecule has 1 amide bonds. The van der Waals surface area contributed by atoms with Gasteiger partial charge in [-0.05, 0) is 6.92 Å². The zero-order chi connectivity index (χ0) is 13.7. The minimum Gasteiger partial charge on any atom is -0.361 e. The predicted octanol–water partition coefficient (Wildman–Crippen LogP) is 1.53. The van der Waals surface area contributed by atoms with Crippen LogP contribution < -0.4 is 5.32 Å². The summed E-state index contributed by atoms with van der Waals surface area (Å²) >= 11 is 5.65. The Balaban J connectivity index is 2.73. The van der Waals surface area contributed by atoms with E-state index in [4.69, 9.17) is 11.6 Å². The van der Waals surface area contributed by atoms with Gasteiger partial charge in [0.15, 0.2) is 0 Å². The van der Waals surface area contributed by atoms with E-state index in [1.165, 1.54) is 11.0 Å². The standard InChI is InChI=1S/C10H13ClN4O3/c1-3-14(2)10(16)6-12-9-5-7(15(17)18)4-8(11)13-9/h4-5H,3,6H2,1-2H3,(H,12,13). The Morgan fingerprint density at radius 1 is 1.61 bits per heavy atom. The molecule has 0 aliphatic carbocycles. The number of carbonyl (C=O) groups is 1. The second-order valence-electron chi connectivity index (χ2n) is 3.55. The van der Waals surface area contributed by atoms with Crippen molar-refractivity contribution < 1.29 is 9.72 Å². The maximum atomic E-state index is 11.5. The fraction of sp³-hybridized carbons (Fsp3) is 0.400. The Morgan fingerprint density at radius 3 is 2.83 bits per heavy atom. The van der Waals surface area contributed by atoms with E-state index in [2.05, 4.69) is 10.3 Å². The average molecular weight is 273 g/mol. The second-order valence-corrected chi connectivity index (χ2v) is 3.94. The van der Waals surface area contributed by atoms with Crippen LogP contribution in [0, 0.1) is 10.1 Å². The highest BCUT2D eigenvalue weighted by atomic mass is 35.5. The number of hydrogen-bond donors (Lipinski definition) is 1. The maximum absolute atomic E-state index is 11.5. The van der Waals surface area contributed by atoms with Crippen molar-refractivity contribution >= 4 is 29.0 Å². The highest BCUT2D eigenvalue weighted by Crippen LogP contribution is 2.20. The summed E-state index contributed by atoms with van der Waals surface area (Å²) in [6, 6.07) is 2.37. The molecule has 0 radical (unpaired) electrons. The Labute approximate surface area is 109 Å². The van der Waals surface area contributed by atoms with Crippen LogP contribution in [0.3, 0.4) is 0 Å². The number of aromatic nitrogens is 1. The van der Waals surface area contributed by atoms with Gasteiger partial charge >= 0.3 is 0 Å². The molecule has 0 spiro atoms. The first-order valence-electron chi connectivity index (χ1n) is 5.24. The van der Waals surface area contributed by atoms with E-state index >= 15 is 0 Å². The van der Waals surface area contributed by atoms with Crippen LogP contribution in [-0.2, 0) is 4.79 Å². The largest absolute Gasteiger partial charge is 0.361 e. The molecule has 18 heavy (non-hydrogen) atoms. The van der Waals surface area contributed by atoms with E-state index in [-0.39, 0.29) is 29.1 Å². The Hall–Kier alpha value is -1.89. The molecule has 7 nitrogen and oxygen atoms in total. The van der Waals surface area contributed by atoms with E-state index in [0.717, 1.165) is 6.07 Å². The number of rotatable bonds is 5. The monoisotopic (exact) mass is 272 g/mol. The number of carbonyl (C=O) groups excluding carboxylic acids is 1. The summed E-state index contributed by atoms with van der Waals surface area (Å²) < 4.78 is 0. The van der Waals surface area contributed by atoms with Gasteiger partial charge in [0.05, 0.1) is 23.6 Å². The van der Waals surface area contributed by atoms with E-state index in [0.29, 0.717) is 6.54 Å². The zero-order valence-corrected chi connectivity index (χ0v) is 10.8. The second kappa shape index (κ2) is 6.15. The molecular weight excluding hydrogens is 260 g/mol. The van der Waals surface area contributed by atoms with Crippen molar-refractivity contribution in [2.45, 2.75) is 6.92 Å². The number of anilines is 1. The van der Waals surface area contributed by atoms with Crippen LogP contribution in [0.2, 0.25) is 5.15 Å². The topological polar surface area (TPSA) is 88.4 Å². The Kier molecular flexibility index (Phi) is 4.85. The van der Waals surface area contributed by atoms with Crippen molar-refractivity contribution in [2.75, 3.05) is 25.5 Å². The van der Waals surface area contributed by atoms with Crippen molar-refractivity contribution in [3.05, 3.63) is 27.4 Å². The lowest BCUT2D eigenvalue weighted by molar-refractivity contribution is -0.384. The summed E-state index contributed by atoms with van der Waals surface area (Å²) in [5.41, 5.74) is -0.172. The first-order chi connectivity index (χ1) is 8.43. The number of likely N-dealkylation sites (N-methyl/N-ethyl adjacent to an activating group) is 1. The molecule has 0 aliphatic heterocycles. The van der Waals surface area contributed by atoms with Crippen molar-refractivity contribution in [2.24, 2.45) is 0 Å². The number of nitrogens with one attached hydrogen (secondary N) is 1. The van der Waals surface area contributed by atoms with Gasteiger partial charge in [0.2, 0.25) is 5.91 Å². The van der Waals surface area contributed by atoms with Gasteiger partial charge in [0, 0.05) is 13.6 Å². The first-order valence-corrected chi connectivity index (χ1v) is 5.61. The fourth-order valence-corrected chi connectivity index (χ4v) is 1.36. The summed E-state index contributed by atoms with van der Waals surface area (Å²) in [7, 11) is 1.66. The van der Waals surface area contributed by atoms with Gasteiger partial charge in [0.1, 0.15) is 11.0 Å². The van der Waals surface area contributed by atoms with Gasteiger partial charge in [0.25, 0.3) is 5.69 Å². The fourth-order valence-electron chi connectivity index (χ4n) is 1.16. The maximum Gasteiger partial charge on any atom is 0.276 e. The van der Waals surface area contributed by atoms with Crippen LogP contribution in [-0.4, -0.2) is 40.9 Å². The third-order valence-corrected chi connectivity index (χ3v) is 2.50. The van der Waals surface area contributed by atoms with Crippen molar-refractivity contribution in [3.8, 4) is 0 Å². The van der Waals surface area contributed by atoms with Gasteiger partial charge in [-0.2, -0.15) is 0 Å². The Bertz CT molecular complexity index is 466. The summed E-state index contributed by atoms with van der Waals surface area (Å²) in [5.74, 6) is 0.0639. The van der Waals surface area contributed by atoms with Gasteiger partial charge in [-0.15, -0.1) is 0 Å². The highest BCUT2D eigenvalue weighted by molar-refractivity contribution is 6.29. The average Bonchev–Trinajstić information content (AvgIpc) is 2.34. The van der Waals surface area contributed by atoms with Gasteiger partial charge in [-0.1, -0.05) is 11.6 Å². The predicted molar refractivity (Wildman–Crippen MR) is 67.7 cm³/mol. The quantitative estimate of drug-likeness (QED) is 0.499. The number of nitro groups is 1. The minimum atomic E-state index is -0.571. The molecule has 1 N–H and O–H groups in total. The van der Waals surface area contributed by atoms with E-state index in [9.17, 15) is 14.9 Å². The molecular formula is C10H13ClN4O3. The van der Waals surface area contributed by atoms with Crippen LogP contribution in [0.1, 0.15) is 6.92 Å². The molecule has 0 saturated carbocycles. The normalized spacial score (nSPS) is 9.94. The lowest BCUT2D eigenvalue weighted by Gasteiger charge is -2.14. The minimum absolute atomic E-state index is 0.00277. The smallest absolute Gasteiger partial charge is 0.276 e. The molecule has 0 saturated heterocycles. The molecule has 1 aromatic rings. The van der Waals surface area contributed by atoms with E-state index < -0.39 is 4.92 Å².